The summed E-state index contributed by atoms with van der Waals surface area (Å²) in [4.78, 5) is 23.5. The van der Waals surface area contributed by atoms with Crippen LogP contribution >= 0.6 is 0 Å². The molecule has 0 radical (unpaired) electrons. The van der Waals surface area contributed by atoms with Crippen molar-refractivity contribution >= 4 is 11.9 Å². The highest BCUT2D eigenvalue weighted by molar-refractivity contribution is 5.97. The summed E-state index contributed by atoms with van der Waals surface area (Å²) in [6, 6.07) is 0. The number of carbonyl (C=O) groups is 2. The van der Waals surface area contributed by atoms with E-state index in [9.17, 15) is 9.59 Å². The van der Waals surface area contributed by atoms with Gasteiger partial charge in [-0.3, -0.25) is 9.59 Å². The Bertz CT molecular complexity index is 381. The maximum absolute atomic E-state index is 11.8. The molecule has 2 rings (SSSR count). The van der Waals surface area contributed by atoms with Gasteiger partial charge in [-0.15, -0.1) is 0 Å². The molecular weight excluding hydrogens is 216 g/mol. The standard InChI is InChI=1S/C14H20O3/c1-7(2)5-10-6-8(3)9(4)11-12(10)14(16)17-13(11)15/h6-7,9-12H,5H2,1-4H3. The zero-order chi connectivity index (χ0) is 12.7. The number of hydrogen-bond donors (Lipinski definition) is 0. The Morgan fingerprint density at radius 2 is 1.82 bits per heavy atom. The van der Waals surface area contributed by atoms with E-state index in [1.54, 1.807) is 0 Å². The van der Waals surface area contributed by atoms with Crippen molar-refractivity contribution < 1.29 is 14.3 Å². The molecular formula is C14H20O3. The van der Waals surface area contributed by atoms with Gasteiger partial charge in [0.1, 0.15) is 0 Å². The predicted molar refractivity (Wildman–Crippen MR) is 63.9 cm³/mol. The topological polar surface area (TPSA) is 43.4 Å². The van der Waals surface area contributed by atoms with Crippen LogP contribution in [0.4, 0.5) is 0 Å². The Kier molecular flexibility index (Phi) is 3.11. The first-order valence-electron chi connectivity index (χ1n) is 6.35. The molecule has 2 aliphatic rings. The highest BCUT2D eigenvalue weighted by Crippen LogP contribution is 2.45. The first kappa shape index (κ1) is 12.3. The van der Waals surface area contributed by atoms with Gasteiger partial charge in [-0.05, 0) is 31.1 Å². The Morgan fingerprint density at radius 3 is 2.41 bits per heavy atom. The number of hydrogen-bond acceptors (Lipinski definition) is 3. The fourth-order valence-electron chi connectivity index (χ4n) is 3.12. The van der Waals surface area contributed by atoms with Crippen LogP contribution in [-0.2, 0) is 14.3 Å². The molecule has 0 aromatic heterocycles. The molecule has 0 saturated carbocycles. The van der Waals surface area contributed by atoms with Crippen molar-refractivity contribution in [2.24, 2.45) is 29.6 Å². The van der Waals surface area contributed by atoms with Crippen molar-refractivity contribution in [1.29, 1.82) is 0 Å². The Labute approximate surface area is 102 Å². The predicted octanol–water partition coefficient (Wildman–Crippen LogP) is 2.56. The highest BCUT2D eigenvalue weighted by atomic mass is 16.6. The van der Waals surface area contributed by atoms with E-state index in [1.807, 2.05) is 13.8 Å². The number of cyclic esters (lactones) is 2. The first-order valence-corrected chi connectivity index (χ1v) is 6.35. The van der Waals surface area contributed by atoms with Crippen LogP contribution in [0.15, 0.2) is 11.6 Å². The second-order valence-electron chi connectivity index (χ2n) is 5.78. The third-order valence-electron chi connectivity index (χ3n) is 4.07. The van der Waals surface area contributed by atoms with Crippen molar-refractivity contribution in [3.63, 3.8) is 0 Å². The molecule has 0 spiro atoms. The smallest absolute Gasteiger partial charge is 0.318 e. The second kappa shape index (κ2) is 4.28. The summed E-state index contributed by atoms with van der Waals surface area (Å²) in [5.74, 6) is -0.339. The molecule has 0 aromatic carbocycles. The molecule has 1 saturated heterocycles. The molecule has 0 aromatic rings. The number of fused-ring (bicyclic) bond motifs is 1. The molecule has 0 bridgehead atoms. The van der Waals surface area contributed by atoms with E-state index in [0.29, 0.717) is 5.92 Å². The van der Waals surface area contributed by atoms with Gasteiger partial charge in [-0.1, -0.05) is 32.4 Å². The van der Waals surface area contributed by atoms with E-state index < -0.39 is 0 Å². The van der Waals surface area contributed by atoms with Crippen molar-refractivity contribution in [1.82, 2.24) is 0 Å². The van der Waals surface area contributed by atoms with Crippen LogP contribution in [0, 0.1) is 29.6 Å². The van der Waals surface area contributed by atoms with Gasteiger partial charge in [0, 0.05) is 0 Å². The summed E-state index contributed by atoms with van der Waals surface area (Å²) in [5, 5.41) is 0. The van der Waals surface area contributed by atoms with Gasteiger partial charge in [-0.25, -0.2) is 0 Å². The molecule has 4 unspecified atom stereocenters. The van der Waals surface area contributed by atoms with Gasteiger partial charge in [-0.2, -0.15) is 0 Å². The molecule has 0 N–H and O–H groups in total. The SMILES string of the molecule is CC1=CC(CC(C)C)C2C(=O)OC(=O)C2C1C. The summed E-state index contributed by atoms with van der Waals surface area (Å²) in [7, 11) is 0. The fraction of sp³-hybridized carbons (Fsp3) is 0.714. The number of esters is 2. The minimum absolute atomic E-state index is 0.127. The molecule has 3 nitrogen and oxygen atoms in total. The number of allylic oxidation sites excluding steroid dienone is 2. The third-order valence-corrected chi connectivity index (χ3v) is 4.07. The van der Waals surface area contributed by atoms with Crippen LogP contribution in [0.25, 0.3) is 0 Å². The van der Waals surface area contributed by atoms with Gasteiger partial charge in [0.15, 0.2) is 0 Å². The molecule has 17 heavy (non-hydrogen) atoms. The van der Waals surface area contributed by atoms with Crippen LogP contribution < -0.4 is 0 Å². The van der Waals surface area contributed by atoms with Crippen LogP contribution in [0.1, 0.15) is 34.1 Å². The zero-order valence-electron chi connectivity index (χ0n) is 10.9. The van der Waals surface area contributed by atoms with Gasteiger partial charge in [0.25, 0.3) is 0 Å². The zero-order valence-corrected chi connectivity index (χ0v) is 10.9. The normalized spacial score (nSPS) is 36.9. The average Bonchev–Trinajstić information content (AvgIpc) is 2.49. The molecule has 94 valence electrons. The third kappa shape index (κ3) is 2.03. The summed E-state index contributed by atoms with van der Waals surface area (Å²) >= 11 is 0. The molecule has 4 atom stereocenters. The summed E-state index contributed by atoms with van der Waals surface area (Å²) in [5.41, 5.74) is 1.21. The lowest BCUT2D eigenvalue weighted by molar-refractivity contribution is -0.154. The van der Waals surface area contributed by atoms with E-state index >= 15 is 0 Å². The van der Waals surface area contributed by atoms with Crippen LogP contribution in [0.5, 0.6) is 0 Å². The van der Waals surface area contributed by atoms with E-state index in [4.69, 9.17) is 4.74 Å². The van der Waals surface area contributed by atoms with Crippen molar-refractivity contribution in [2.45, 2.75) is 34.1 Å². The summed E-state index contributed by atoms with van der Waals surface area (Å²) in [6.45, 7) is 8.33. The van der Waals surface area contributed by atoms with Crippen LogP contribution in [0.3, 0.4) is 0 Å². The maximum atomic E-state index is 11.8. The Hall–Kier alpha value is -1.12. The quantitative estimate of drug-likeness (QED) is 0.420. The second-order valence-corrected chi connectivity index (χ2v) is 5.78. The van der Waals surface area contributed by atoms with Gasteiger partial charge < -0.3 is 4.74 Å². The van der Waals surface area contributed by atoms with Crippen LogP contribution in [0.2, 0.25) is 0 Å². The molecule has 1 aliphatic carbocycles. The fourth-order valence-corrected chi connectivity index (χ4v) is 3.12. The molecule has 1 fully saturated rings. The highest BCUT2D eigenvalue weighted by Gasteiger charge is 2.52. The van der Waals surface area contributed by atoms with E-state index in [0.717, 1.165) is 6.42 Å². The lowest BCUT2D eigenvalue weighted by Gasteiger charge is -2.33. The number of ether oxygens (including phenoxy) is 1. The summed E-state index contributed by atoms with van der Waals surface area (Å²) < 4.78 is 4.83. The molecule has 0 amide bonds. The lowest BCUT2D eigenvalue weighted by atomic mass is 9.67. The van der Waals surface area contributed by atoms with Crippen LogP contribution in [-0.4, -0.2) is 11.9 Å². The van der Waals surface area contributed by atoms with Gasteiger partial charge in [0.2, 0.25) is 0 Å². The van der Waals surface area contributed by atoms with E-state index in [1.165, 1.54) is 5.57 Å². The maximum Gasteiger partial charge on any atom is 0.318 e. The Balaban J connectivity index is 2.34. The number of carbonyl (C=O) groups excluding carboxylic acids is 2. The van der Waals surface area contributed by atoms with Crippen molar-refractivity contribution in [2.75, 3.05) is 0 Å². The number of rotatable bonds is 2. The minimum atomic E-state index is -0.325. The molecule has 3 heteroatoms. The van der Waals surface area contributed by atoms with Gasteiger partial charge in [0.05, 0.1) is 11.8 Å². The minimum Gasteiger partial charge on any atom is -0.393 e. The van der Waals surface area contributed by atoms with Crippen molar-refractivity contribution in [3.8, 4) is 0 Å². The molecule has 1 aliphatic heterocycles. The summed E-state index contributed by atoms with van der Waals surface area (Å²) in [6.07, 6.45) is 3.11. The monoisotopic (exact) mass is 236 g/mol. The van der Waals surface area contributed by atoms with Gasteiger partial charge >= 0.3 is 11.9 Å². The van der Waals surface area contributed by atoms with E-state index in [2.05, 4.69) is 19.9 Å². The largest absolute Gasteiger partial charge is 0.393 e. The average molecular weight is 236 g/mol. The van der Waals surface area contributed by atoms with Crippen molar-refractivity contribution in [3.05, 3.63) is 11.6 Å². The molecule has 1 heterocycles. The lowest BCUT2D eigenvalue weighted by Crippen LogP contribution is -2.35. The Morgan fingerprint density at radius 1 is 1.24 bits per heavy atom. The first-order chi connectivity index (χ1) is 7.91. The van der Waals surface area contributed by atoms with E-state index in [-0.39, 0.29) is 35.6 Å².